The zero-order valence-electron chi connectivity index (χ0n) is 10.8. The highest BCUT2D eigenvalue weighted by Gasteiger charge is 2.31. The Kier molecular flexibility index (Phi) is 3.48. The first-order valence-electron chi connectivity index (χ1n) is 6.72. The molecule has 2 fully saturated rings. The molecule has 3 rings (SSSR count). The lowest BCUT2D eigenvalue weighted by Crippen LogP contribution is -2.26. The van der Waals surface area contributed by atoms with Crippen molar-refractivity contribution in [2.75, 3.05) is 20.3 Å². The summed E-state index contributed by atoms with van der Waals surface area (Å²) in [5.41, 5.74) is 1.16. The van der Waals surface area contributed by atoms with Crippen LogP contribution in [0.1, 0.15) is 30.9 Å². The molecule has 0 spiro atoms. The van der Waals surface area contributed by atoms with Crippen LogP contribution in [0.15, 0.2) is 18.3 Å². The lowest BCUT2D eigenvalue weighted by Gasteiger charge is -2.19. The fourth-order valence-corrected chi connectivity index (χ4v) is 2.50. The first-order chi connectivity index (χ1) is 8.86. The van der Waals surface area contributed by atoms with Crippen molar-refractivity contribution in [1.82, 2.24) is 10.3 Å². The minimum Gasteiger partial charge on any atom is -0.481 e. The molecule has 1 aromatic heterocycles. The Morgan fingerprint density at radius 3 is 2.94 bits per heavy atom. The van der Waals surface area contributed by atoms with Gasteiger partial charge in [-0.3, -0.25) is 0 Å². The van der Waals surface area contributed by atoms with E-state index in [2.05, 4.69) is 16.4 Å². The number of nitrogens with zero attached hydrogens (tertiary/aromatic N) is 1. The van der Waals surface area contributed by atoms with Crippen molar-refractivity contribution in [2.24, 2.45) is 5.92 Å². The van der Waals surface area contributed by atoms with E-state index in [9.17, 15) is 0 Å². The predicted molar refractivity (Wildman–Crippen MR) is 68.6 cm³/mol. The monoisotopic (exact) mass is 248 g/mol. The molecule has 2 aliphatic rings. The Balaban J connectivity index is 1.64. The molecule has 1 saturated heterocycles. The fraction of sp³-hybridized carbons (Fsp3) is 0.643. The summed E-state index contributed by atoms with van der Waals surface area (Å²) >= 11 is 0. The van der Waals surface area contributed by atoms with Gasteiger partial charge in [-0.15, -0.1) is 0 Å². The summed E-state index contributed by atoms with van der Waals surface area (Å²) in [5.74, 6) is 1.23. The molecule has 0 bridgehead atoms. The number of hydrogen-bond acceptors (Lipinski definition) is 4. The van der Waals surface area contributed by atoms with E-state index in [1.165, 1.54) is 12.8 Å². The Labute approximate surface area is 108 Å². The van der Waals surface area contributed by atoms with E-state index in [0.717, 1.165) is 31.2 Å². The van der Waals surface area contributed by atoms with Gasteiger partial charge in [0.2, 0.25) is 5.88 Å². The largest absolute Gasteiger partial charge is 0.481 e. The van der Waals surface area contributed by atoms with Crippen LogP contribution in [0.3, 0.4) is 0 Å². The van der Waals surface area contributed by atoms with E-state index >= 15 is 0 Å². The third-order valence-electron chi connectivity index (χ3n) is 3.76. The second-order valence-corrected chi connectivity index (χ2v) is 5.16. The average Bonchev–Trinajstić information content (AvgIpc) is 3.14. The third-order valence-corrected chi connectivity index (χ3v) is 3.76. The van der Waals surface area contributed by atoms with Crippen molar-refractivity contribution in [3.63, 3.8) is 0 Å². The first-order valence-corrected chi connectivity index (χ1v) is 6.72. The molecule has 2 unspecified atom stereocenters. The highest BCUT2D eigenvalue weighted by atomic mass is 16.5. The number of methoxy groups -OCH3 is 1. The van der Waals surface area contributed by atoms with Crippen molar-refractivity contribution in [3.8, 4) is 5.88 Å². The second kappa shape index (κ2) is 5.24. The van der Waals surface area contributed by atoms with Gasteiger partial charge in [0, 0.05) is 37.4 Å². The third kappa shape index (κ3) is 2.65. The smallest absolute Gasteiger partial charge is 0.212 e. The van der Waals surface area contributed by atoms with E-state index in [4.69, 9.17) is 9.47 Å². The van der Waals surface area contributed by atoms with Gasteiger partial charge < -0.3 is 14.8 Å². The van der Waals surface area contributed by atoms with Crippen LogP contribution in [-0.2, 0) is 4.74 Å². The Morgan fingerprint density at radius 1 is 1.39 bits per heavy atom. The lowest BCUT2D eigenvalue weighted by molar-refractivity contribution is 0.0901. The molecule has 2 atom stereocenters. The molecule has 0 aromatic carbocycles. The summed E-state index contributed by atoms with van der Waals surface area (Å²) < 4.78 is 10.9. The molecule has 1 aliphatic carbocycles. The van der Waals surface area contributed by atoms with Gasteiger partial charge >= 0.3 is 0 Å². The minimum absolute atomic E-state index is 0.189. The van der Waals surface area contributed by atoms with Crippen LogP contribution < -0.4 is 10.1 Å². The zero-order valence-corrected chi connectivity index (χ0v) is 10.8. The van der Waals surface area contributed by atoms with Crippen LogP contribution in [-0.4, -0.2) is 31.3 Å². The van der Waals surface area contributed by atoms with Gasteiger partial charge in [-0.25, -0.2) is 4.98 Å². The lowest BCUT2D eigenvalue weighted by atomic mass is 9.96. The van der Waals surface area contributed by atoms with Crippen LogP contribution in [0.4, 0.5) is 0 Å². The van der Waals surface area contributed by atoms with Crippen LogP contribution >= 0.6 is 0 Å². The molecule has 1 saturated carbocycles. The number of nitrogens with one attached hydrogen (secondary N) is 1. The molecule has 1 aliphatic heterocycles. The van der Waals surface area contributed by atoms with Crippen molar-refractivity contribution in [1.29, 1.82) is 0 Å². The molecule has 98 valence electrons. The van der Waals surface area contributed by atoms with Gasteiger partial charge in [-0.05, 0) is 30.9 Å². The maximum Gasteiger partial charge on any atom is 0.212 e. The van der Waals surface area contributed by atoms with Crippen molar-refractivity contribution in [3.05, 3.63) is 23.9 Å². The van der Waals surface area contributed by atoms with Gasteiger partial charge in [-0.1, -0.05) is 0 Å². The molecule has 18 heavy (non-hydrogen) atoms. The summed E-state index contributed by atoms with van der Waals surface area (Å²) in [5, 5.41) is 3.60. The Hall–Kier alpha value is -1.13. The maximum absolute atomic E-state index is 5.86. The van der Waals surface area contributed by atoms with Crippen molar-refractivity contribution < 1.29 is 9.47 Å². The fourth-order valence-electron chi connectivity index (χ4n) is 2.50. The summed E-state index contributed by atoms with van der Waals surface area (Å²) in [6, 6.07) is 4.73. The molecule has 0 radical (unpaired) electrons. The number of hydrogen-bond donors (Lipinski definition) is 1. The van der Waals surface area contributed by atoms with Gasteiger partial charge in [0.25, 0.3) is 0 Å². The van der Waals surface area contributed by atoms with Crippen LogP contribution in [0.5, 0.6) is 5.88 Å². The van der Waals surface area contributed by atoms with Crippen LogP contribution in [0.2, 0.25) is 0 Å². The van der Waals surface area contributed by atoms with E-state index in [0.29, 0.717) is 11.8 Å². The topological polar surface area (TPSA) is 43.4 Å². The van der Waals surface area contributed by atoms with Crippen LogP contribution in [0, 0.1) is 5.92 Å². The molecular weight excluding hydrogens is 228 g/mol. The predicted octanol–water partition coefficient (Wildman–Crippen LogP) is 1.92. The minimum atomic E-state index is 0.189. The van der Waals surface area contributed by atoms with Crippen molar-refractivity contribution >= 4 is 0 Å². The molecule has 0 amide bonds. The number of rotatable bonds is 5. The first kappa shape index (κ1) is 11.9. The molecule has 2 heterocycles. The molecule has 1 aromatic rings. The summed E-state index contributed by atoms with van der Waals surface area (Å²) in [6.45, 7) is 1.91. The molecule has 4 heteroatoms. The quantitative estimate of drug-likeness (QED) is 0.864. The van der Waals surface area contributed by atoms with E-state index in [-0.39, 0.29) is 6.10 Å². The van der Waals surface area contributed by atoms with E-state index in [1.807, 2.05) is 12.3 Å². The zero-order chi connectivity index (χ0) is 12.4. The molecule has 4 nitrogen and oxygen atoms in total. The summed E-state index contributed by atoms with van der Waals surface area (Å²) in [7, 11) is 1.64. The summed E-state index contributed by atoms with van der Waals surface area (Å²) in [4.78, 5) is 4.26. The Bertz CT molecular complexity index is 389. The highest BCUT2D eigenvalue weighted by molar-refractivity contribution is 5.21. The second-order valence-electron chi connectivity index (χ2n) is 5.16. The summed E-state index contributed by atoms with van der Waals surface area (Å²) in [6.07, 6.45) is 5.87. The van der Waals surface area contributed by atoms with Gasteiger partial charge in [0.05, 0.1) is 13.2 Å². The average molecular weight is 248 g/mol. The Morgan fingerprint density at radius 2 is 2.28 bits per heavy atom. The SMILES string of the molecule is COc1ccc(C2OCCC2CNC2CC2)cn1. The number of pyridine rings is 1. The molecule has 1 N–H and O–H groups in total. The van der Waals surface area contributed by atoms with Gasteiger partial charge in [0.1, 0.15) is 0 Å². The van der Waals surface area contributed by atoms with Gasteiger partial charge in [-0.2, -0.15) is 0 Å². The van der Waals surface area contributed by atoms with Crippen molar-refractivity contribution in [2.45, 2.75) is 31.4 Å². The number of aromatic nitrogens is 1. The van der Waals surface area contributed by atoms with E-state index < -0.39 is 0 Å². The van der Waals surface area contributed by atoms with E-state index in [1.54, 1.807) is 7.11 Å². The number of ether oxygens (including phenoxy) is 2. The van der Waals surface area contributed by atoms with Gasteiger partial charge in [0.15, 0.2) is 0 Å². The maximum atomic E-state index is 5.86. The normalized spacial score (nSPS) is 27.4. The van der Waals surface area contributed by atoms with Crippen LogP contribution in [0.25, 0.3) is 0 Å². The highest BCUT2D eigenvalue weighted by Crippen LogP contribution is 2.34. The standard InChI is InChI=1S/C14H20N2O2/c1-17-13-5-2-10(9-16-13)14-11(6-7-18-14)8-15-12-3-4-12/h2,5,9,11-12,14-15H,3-4,6-8H2,1H3. The molecular formula is C14H20N2O2.